The number of rotatable bonds is 4. The number of carbonyl (C=O) groups is 1. The summed E-state index contributed by atoms with van der Waals surface area (Å²) in [6.07, 6.45) is -2.50. The Labute approximate surface area is 64.7 Å². The maximum atomic E-state index is 10.7. The van der Waals surface area contributed by atoms with Gasteiger partial charge >= 0.3 is 0 Å². The fourth-order valence-corrected chi connectivity index (χ4v) is 0.503. The van der Waals surface area contributed by atoms with Gasteiger partial charge < -0.3 is 20.6 Å². The summed E-state index contributed by atoms with van der Waals surface area (Å²) < 4.78 is 0. The summed E-state index contributed by atoms with van der Waals surface area (Å²) in [5, 5.41) is 28.1. The predicted octanol–water partition coefficient (Wildman–Crippen LogP) is -2.16. The highest BCUT2D eigenvalue weighted by molar-refractivity contribution is 5.80. The van der Waals surface area contributed by atoms with Crippen molar-refractivity contribution in [2.75, 3.05) is 13.2 Å². The van der Waals surface area contributed by atoms with Gasteiger partial charge in [0.05, 0.1) is 12.7 Å². The molecule has 0 aliphatic rings. The van der Waals surface area contributed by atoms with Crippen molar-refractivity contribution in [3.8, 4) is 0 Å². The lowest BCUT2D eigenvalue weighted by molar-refractivity contribution is -0.134. The lowest BCUT2D eigenvalue weighted by Gasteiger charge is -2.12. The molecule has 0 spiro atoms. The van der Waals surface area contributed by atoms with E-state index in [1.54, 1.807) is 0 Å². The first-order chi connectivity index (χ1) is 5.09. The van der Waals surface area contributed by atoms with Gasteiger partial charge in [-0.05, 0) is 6.92 Å². The average molecular weight is 163 g/mol. The summed E-state index contributed by atoms with van der Waals surface area (Å²) in [5.41, 5.74) is 0. The van der Waals surface area contributed by atoms with Crippen LogP contribution in [0.2, 0.25) is 0 Å². The van der Waals surface area contributed by atoms with E-state index in [0.717, 1.165) is 0 Å². The van der Waals surface area contributed by atoms with Gasteiger partial charge in [-0.25, -0.2) is 0 Å². The molecule has 4 N–H and O–H groups in total. The second-order valence-electron chi connectivity index (χ2n) is 2.20. The van der Waals surface area contributed by atoms with Crippen molar-refractivity contribution in [2.45, 2.75) is 19.1 Å². The van der Waals surface area contributed by atoms with Crippen molar-refractivity contribution in [3.05, 3.63) is 0 Å². The van der Waals surface area contributed by atoms with Gasteiger partial charge in [0.15, 0.2) is 6.10 Å². The monoisotopic (exact) mass is 163 g/mol. The first-order valence-corrected chi connectivity index (χ1v) is 3.34. The van der Waals surface area contributed by atoms with Crippen LogP contribution in [0.25, 0.3) is 0 Å². The predicted molar refractivity (Wildman–Crippen MR) is 37.8 cm³/mol. The zero-order chi connectivity index (χ0) is 8.85. The Morgan fingerprint density at radius 2 is 2.09 bits per heavy atom. The van der Waals surface area contributed by atoms with Crippen LogP contribution in [0.15, 0.2) is 0 Å². The number of amides is 1. The first kappa shape index (κ1) is 10.3. The maximum Gasteiger partial charge on any atom is 0.251 e. The van der Waals surface area contributed by atoms with Gasteiger partial charge in [0.25, 0.3) is 5.91 Å². The van der Waals surface area contributed by atoms with E-state index in [0.29, 0.717) is 0 Å². The van der Waals surface area contributed by atoms with Crippen molar-refractivity contribution in [2.24, 2.45) is 0 Å². The van der Waals surface area contributed by atoms with E-state index in [1.807, 2.05) is 0 Å². The van der Waals surface area contributed by atoms with Crippen LogP contribution in [0.5, 0.6) is 0 Å². The van der Waals surface area contributed by atoms with Gasteiger partial charge in [0.2, 0.25) is 0 Å². The minimum Gasteiger partial charge on any atom is -0.395 e. The van der Waals surface area contributed by atoms with Crippen LogP contribution in [0.4, 0.5) is 0 Å². The Bertz CT molecular complexity index is 126. The summed E-state index contributed by atoms with van der Waals surface area (Å²) >= 11 is 0. The molecule has 11 heavy (non-hydrogen) atoms. The van der Waals surface area contributed by atoms with Crippen molar-refractivity contribution in [1.29, 1.82) is 0 Å². The number of hydrogen-bond acceptors (Lipinski definition) is 4. The summed E-state index contributed by atoms with van der Waals surface area (Å²) in [6.45, 7) is 1.21. The first-order valence-electron chi connectivity index (χ1n) is 3.34. The number of nitrogens with one attached hydrogen (secondary N) is 1. The third-order valence-electron chi connectivity index (χ3n) is 1.14. The third kappa shape index (κ3) is 3.92. The van der Waals surface area contributed by atoms with E-state index >= 15 is 0 Å². The van der Waals surface area contributed by atoms with E-state index in [1.165, 1.54) is 6.92 Å². The highest BCUT2D eigenvalue weighted by Crippen LogP contribution is 1.90. The average Bonchev–Trinajstić information content (AvgIpc) is 1.98. The molecule has 0 heterocycles. The lowest BCUT2D eigenvalue weighted by Crippen LogP contribution is -2.41. The molecule has 0 saturated heterocycles. The fourth-order valence-electron chi connectivity index (χ4n) is 0.503. The summed E-state index contributed by atoms with van der Waals surface area (Å²) in [5.74, 6) is -0.672. The van der Waals surface area contributed by atoms with Crippen molar-refractivity contribution < 1.29 is 20.1 Å². The summed E-state index contributed by atoms with van der Waals surface area (Å²) in [7, 11) is 0. The Balaban J connectivity index is 3.64. The molecule has 0 radical (unpaired) electrons. The standard InChI is InChI=1S/C6H13NO4/c1-4(9)5(10)6(11)7-2-3-8/h4-5,8-10H,2-3H2,1H3,(H,7,11)/t4-,5+/m0/s1. The normalized spacial score (nSPS) is 15.6. The lowest BCUT2D eigenvalue weighted by atomic mass is 10.2. The molecule has 66 valence electrons. The molecule has 0 aromatic heterocycles. The molecular formula is C6H13NO4. The Morgan fingerprint density at radius 3 is 2.45 bits per heavy atom. The zero-order valence-corrected chi connectivity index (χ0v) is 6.32. The summed E-state index contributed by atoms with van der Waals surface area (Å²) in [6, 6.07) is 0. The molecular weight excluding hydrogens is 150 g/mol. The molecule has 0 aromatic rings. The minimum absolute atomic E-state index is 0.0859. The number of carbonyl (C=O) groups excluding carboxylic acids is 1. The smallest absolute Gasteiger partial charge is 0.251 e. The van der Waals surface area contributed by atoms with Gasteiger partial charge in [0, 0.05) is 6.54 Å². The van der Waals surface area contributed by atoms with Crippen molar-refractivity contribution in [3.63, 3.8) is 0 Å². The molecule has 0 bridgehead atoms. The molecule has 0 unspecified atom stereocenters. The van der Waals surface area contributed by atoms with Crippen LogP contribution in [0.3, 0.4) is 0 Å². The Kier molecular flexibility index (Phi) is 4.76. The van der Waals surface area contributed by atoms with Crippen LogP contribution < -0.4 is 5.32 Å². The molecule has 0 aliphatic carbocycles. The van der Waals surface area contributed by atoms with Crippen molar-refractivity contribution >= 4 is 5.91 Å². The van der Waals surface area contributed by atoms with Gasteiger partial charge in [-0.1, -0.05) is 0 Å². The van der Waals surface area contributed by atoms with Crippen LogP contribution in [-0.4, -0.2) is 46.6 Å². The van der Waals surface area contributed by atoms with Crippen LogP contribution in [-0.2, 0) is 4.79 Å². The van der Waals surface area contributed by atoms with E-state index < -0.39 is 18.1 Å². The second-order valence-corrected chi connectivity index (χ2v) is 2.20. The van der Waals surface area contributed by atoms with E-state index in [9.17, 15) is 4.79 Å². The molecule has 0 aromatic carbocycles. The largest absolute Gasteiger partial charge is 0.395 e. The fraction of sp³-hybridized carbons (Fsp3) is 0.833. The highest BCUT2D eigenvalue weighted by atomic mass is 16.3. The SMILES string of the molecule is C[C@H](O)[C@@H](O)C(=O)NCCO. The Morgan fingerprint density at radius 1 is 1.55 bits per heavy atom. The third-order valence-corrected chi connectivity index (χ3v) is 1.14. The number of hydrogen-bond donors (Lipinski definition) is 4. The van der Waals surface area contributed by atoms with Crippen LogP contribution in [0.1, 0.15) is 6.92 Å². The highest BCUT2D eigenvalue weighted by Gasteiger charge is 2.19. The molecule has 0 saturated carbocycles. The molecule has 5 nitrogen and oxygen atoms in total. The summed E-state index contributed by atoms with van der Waals surface area (Å²) in [4.78, 5) is 10.7. The number of aliphatic hydroxyl groups is 3. The quantitative estimate of drug-likeness (QED) is 0.380. The van der Waals surface area contributed by atoms with E-state index in [-0.39, 0.29) is 13.2 Å². The Hall–Kier alpha value is -0.650. The van der Waals surface area contributed by atoms with E-state index in [2.05, 4.69) is 5.32 Å². The number of aliphatic hydroxyl groups excluding tert-OH is 3. The second kappa shape index (κ2) is 5.06. The zero-order valence-electron chi connectivity index (χ0n) is 6.32. The molecule has 2 atom stereocenters. The van der Waals surface area contributed by atoms with Crippen molar-refractivity contribution in [1.82, 2.24) is 5.32 Å². The maximum absolute atomic E-state index is 10.7. The molecule has 1 amide bonds. The van der Waals surface area contributed by atoms with Crippen LogP contribution in [0, 0.1) is 0 Å². The molecule has 0 rings (SSSR count). The molecule has 5 heteroatoms. The van der Waals surface area contributed by atoms with Gasteiger partial charge in [-0.3, -0.25) is 4.79 Å². The topological polar surface area (TPSA) is 89.8 Å². The van der Waals surface area contributed by atoms with Gasteiger partial charge in [-0.15, -0.1) is 0 Å². The van der Waals surface area contributed by atoms with Crippen LogP contribution >= 0.6 is 0 Å². The minimum atomic E-state index is -1.42. The molecule has 0 fully saturated rings. The van der Waals surface area contributed by atoms with Gasteiger partial charge in [0.1, 0.15) is 0 Å². The molecule has 0 aliphatic heterocycles. The van der Waals surface area contributed by atoms with Gasteiger partial charge in [-0.2, -0.15) is 0 Å². The van der Waals surface area contributed by atoms with E-state index in [4.69, 9.17) is 15.3 Å².